The molecule has 0 atom stereocenters. The number of rotatable bonds is 27. The van der Waals surface area contributed by atoms with Crippen molar-refractivity contribution in [2.24, 2.45) is 0 Å². The van der Waals surface area contributed by atoms with E-state index in [9.17, 15) is 0 Å². The van der Waals surface area contributed by atoms with Gasteiger partial charge in [0, 0.05) is 18.1 Å². The molecular formula is C34H64N+. The fourth-order valence-electron chi connectivity index (χ4n) is 5.35. The molecule has 0 bridgehead atoms. The Morgan fingerprint density at radius 3 is 1.26 bits per heavy atom. The van der Waals surface area contributed by atoms with E-state index in [1.165, 1.54) is 179 Å². The molecule has 1 rings (SSSR count). The van der Waals surface area contributed by atoms with Crippen LogP contribution < -0.4 is 4.57 Å². The Labute approximate surface area is 221 Å². The van der Waals surface area contributed by atoms with Gasteiger partial charge in [0.25, 0.3) is 0 Å². The van der Waals surface area contributed by atoms with Crippen LogP contribution in [0.1, 0.15) is 180 Å². The average molecular weight is 487 g/mol. The third-order valence-corrected chi connectivity index (χ3v) is 7.76. The molecule has 0 unspecified atom stereocenters. The van der Waals surface area contributed by atoms with Crippen molar-refractivity contribution >= 4 is 0 Å². The lowest BCUT2D eigenvalue weighted by molar-refractivity contribution is -0.697. The number of unbranched alkanes of at least 4 members (excludes halogenated alkanes) is 23. The predicted molar refractivity (Wildman–Crippen MR) is 157 cm³/mol. The van der Waals surface area contributed by atoms with Crippen molar-refractivity contribution in [2.45, 2.75) is 187 Å². The Bertz CT molecular complexity index is 537. The third kappa shape index (κ3) is 22.1. The zero-order valence-electron chi connectivity index (χ0n) is 24.3. The molecule has 0 fully saturated rings. The molecule has 1 aromatic heterocycles. The predicted octanol–water partition coefficient (Wildman–Crippen LogP) is 11.3. The summed E-state index contributed by atoms with van der Waals surface area (Å²) in [6, 6.07) is 4.59. The summed E-state index contributed by atoms with van der Waals surface area (Å²) in [5.41, 5.74) is 1.54. The number of aryl methyl sites for hydroxylation is 2. The van der Waals surface area contributed by atoms with Crippen LogP contribution in [0.3, 0.4) is 0 Å². The second-order valence-corrected chi connectivity index (χ2v) is 11.3. The highest BCUT2D eigenvalue weighted by molar-refractivity contribution is 5.05. The topological polar surface area (TPSA) is 3.88 Å². The molecule has 0 saturated heterocycles. The van der Waals surface area contributed by atoms with Crippen molar-refractivity contribution in [3.63, 3.8) is 0 Å². The summed E-state index contributed by atoms with van der Waals surface area (Å²) >= 11 is 0. The molecule has 1 heteroatoms. The second kappa shape index (κ2) is 26.2. The molecular weight excluding hydrogens is 422 g/mol. The molecule has 0 spiro atoms. The summed E-state index contributed by atoms with van der Waals surface area (Å²) in [6.07, 6.45) is 41.8. The van der Waals surface area contributed by atoms with Crippen LogP contribution in [-0.4, -0.2) is 0 Å². The van der Waals surface area contributed by atoms with Crippen LogP contribution in [0.2, 0.25) is 0 Å². The SMILES string of the molecule is CCCCCCCCCCCCCCCc1ccc[n+](CCCCCCCCCCCCCC)c1. The highest BCUT2D eigenvalue weighted by Gasteiger charge is 2.03. The number of hydrogen-bond donors (Lipinski definition) is 0. The van der Waals surface area contributed by atoms with Crippen molar-refractivity contribution in [1.29, 1.82) is 0 Å². The van der Waals surface area contributed by atoms with Gasteiger partial charge in [-0.25, -0.2) is 4.57 Å². The van der Waals surface area contributed by atoms with Crippen LogP contribution in [-0.2, 0) is 13.0 Å². The minimum Gasteiger partial charge on any atom is -0.205 e. The molecule has 35 heavy (non-hydrogen) atoms. The van der Waals surface area contributed by atoms with Crippen LogP contribution in [0.25, 0.3) is 0 Å². The summed E-state index contributed by atoms with van der Waals surface area (Å²) in [4.78, 5) is 0. The summed E-state index contributed by atoms with van der Waals surface area (Å²) in [5, 5.41) is 0. The Hall–Kier alpha value is -0.850. The Morgan fingerprint density at radius 1 is 0.457 bits per heavy atom. The van der Waals surface area contributed by atoms with E-state index in [1.807, 2.05) is 0 Å². The highest BCUT2D eigenvalue weighted by atomic mass is 14.9. The van der Waals surface area contributed by atoms with Crippen molar-refractivity contribution < 1.29 is 4.57 Å². The molecule has 0 amide bonds. The van der Waals surface area contributed by atoms with E-state index in [0.29, 0.717) is 0 Å². The summed E-state index contributed by atoms with van der Waals surface area (Å²) in [6.45, 7) is 5.80. The Kier molecular flexibility index (Phi) is 24.1. The van der Waals surface area contributed by atoms with Gasteiger partial charge in [0.15, 0.2) is 12.4 Å². The Morgan fingerprint density at radius 2 is 0.829 bits per heavy atom. The lowest BCUT2D eigenvalue weighted by Gasteiger charge is -2.04. The van der Waals surface area contributed by atoms with Gasteiger partial charge in [-0.3, -0.25) is 0 Å². The van der Waals surface area contributed by atoms with Gasteiger partial charge >= 0.3 is 0 Å². The van der Waals surface area contributed by atoms with Crippen molar-refractivity contribution in [3.05, 3.63) is 30.1 Å². The van der Waals surface area contributed by atoms with E-state index in [4.69, 9.17) is 0 Å². The molecule has 0 aliphatic rings. The van der Waals surface area contributed by atoms with Crippen LogP contribution in [0, 0.1) is 0 Å². The second-order valence-electron chi connectivity index (χ2n) is 11.3. The van der Waals surface area contributed by atoms with Crippen molar-refractivity contribution in [3.8, 4) is 0 Å². The molecule has 0 saturated carbocycles. The minimum absolute atomic E-state index is 1.20. The number of pyridine rings is 1. The lowest BCUT2D eigenvalue weighted by Crippen LogP contribution is -2.33. The van der Waals surface area contributed by atoms with E-state index in [0.717, 1.165) is 0 Å². The first kappa shape index (κ1) is 32.2. The molecule has 1 aromatic rings. The van der Waals surface area contributed by atoms with E-state index < -0.39 is 0 Å². The average Bonchev–Trinajstić information content (AvgIpc) is 2.88. The quantitative estimate of drug-likeness (QED) is 0.0859. The minimum atomic E-state index is 1.20. The normalized spacial score (nSPS) is 11.4. The smallest absolute Gasteiger partial charge is 0.171 e. The zero-order chi connectivity index (χ0) is 25.1. The summed E-state index contributed by atoms with van der Waals surface area (Å²) in [5.74, 6) is 0. The monoisotopic (exact) mass is 487 g/mol. The summed E-state index contributed by atoms with van der Waals surface area (Å²) < 4.78 is 2.44. The van der Waals surface area contributed by atoms with E-state index in [-0.39, 0.29) is 0 Å². The lowest BCUT2D eigenvalue weighted by atomic mass is 10.0. The fourth-order valence-corrected chi connectivity index (χ4v) is 5.35. The van der Waals surface area contributed by atoms with Gasteiger partial charge in [-0.15, -0.1) is 0 Å². The van der Waals surface area contributed by atoms with Crippen molar-refractivity contribution in [1.82, 2.24) is 0 Å². The maximum Gasteiger partial charge on any atom is 0.171 e. The van der Waals surface area contributed by atoms with Gasteiger partial charge in [-0.2, -0.15) is 0 Å². The van der Waals surface area contributed by atoms with Gasteiger partial charge in [-0.05, 0) is 25.3 Å². The van der Waals surface area contributed by atoms with Gasteiger partial charge in [0.1, 0.15) is 6.54 Å². The van der Waals surface area contributed by atoms with E-state index in [2.05, 4.69) is 42.9 Å². The maximum atomic E-state index is 2.44. The van der Waals surface area contributed by atoms with Crippen LogP contribution in [0.15, 0.2) is 24.5 Å². The van der Waals surface area contributed by atoms with Crippen molar-refractivity contribution in [2.75, 3.05) is 0 Å². The molecule has 1 nitrogen and oxygen atoms in total. The fraction of sp³-hybridized carbons (Fsp3) is 0.853. The van der Waals surface area contributed by atoms with Gasteiger partial charge in [-0.1, -0.05) is 155 Å². The molecule has 0 aliphatic carbocycles. The Balaban J connectivity index is 1.90. The number of nitrogens with zero attached hydrogens (tertiary/aromatic N) is 1. The van der Waals surface area contributed by atoms with E-state index >= 15 is 0 Å². The first-order valence-corrected chi connectivity index (χ1v) is 16.3. The number of hydrogen-bond acceptors (Lipinski definition) is 0. The van der Waals surface area contributed by atoms with E-state index in [1.54, 1.807) is 0 Å². The first-order valence-electron chi connectivity index (χ1n) is 16.3. The molecule has 204 valence electrons. The largest absolute Gasteiger partial charge is 0.205 e. The molecule has 1 heterocycles. The molecule has 0 N–H and O–H groups in total. The van der Waals surface area contributed by atoms with Gasteiger partial charge < -0.3 is 0 Å². The first-order chi connectivity index (χ1) is 17.4. The van der Waals surface area contributed by atoms with Crippen LogP contribution >= 0.6 is 0 Å². The number of aromatic nitrogens is 1. The molecule has 0 radical (unpaired) electrons. The van der Waals surface area contributed by atoms with Gasteiger partial charge in [0.2, 0.25) is 0 Å². The van der Waals surface area contributed by atoms with Crippen LogP contribution in [0.5, 0.6) is 0 Å². The third-order valence-electron chi connectivity index (χ3n) is 7.76. The van der Waals surface area contributed by atoms with Gasteiger partial charge in [0.05, 0.1) is 0 Å². The highest BCUT2D eigenvalue weighted by Crippen LogP contribution is 2.14. The summed E-state index contributed by atoms with van der Waals surface area (Å²) in [7, 11) is 0. The van der Waals surface area contributed by atoms with Crippen LogP contribution in [0.4, 0.5) is 0 Å². The molecule has 0 aliphatic heterocycles. The molecule has 0 aromatic carbocycles. The standard InChI is InChI=1S/C34H64N/c1-3-5-7-9-11-13-15-17-18-20-22-24-26-29-34-30-28-32-35(33-34)31-27-25-23-21-19-16-14-12-10-8-6-4-2/h28,30,32-33H,3-27,29,31H2,1-2H3/q+1. The maximum absolute atomic E-state index is 2.44. The zero-order valence-corrected chi connectivity index (χ0v) is 24.3.